The molecule has 0 unspecified atom stereocenters. The summed E-state index contributed by atoms with van der Waals surface area (Å²) in [4.78, 5) is 24.7. The van der Waals surface area contributed by atoms with Gasteiger partial charge in [-0.15, -0.1) is 0 Å². The van der Waals surface area contributed by atoms with Crippen LogP contribution in [-0.4, -0.2) is 37.4 Å². The van der Waals surface area contributed by atoms with Gasteiger partial charge in [0.25, 0.3) is 5.91 Å². The number of aryl methyl sites for hydroxylation is 1. The van der Waals surface area contributed by atoms with Crippen LogP contribution in [0.1, 0.15) is 22.3 Å². The highest BCUT2D eigenvalue weighted by Crippen LogP contribution is 2.15. The summed E-state index contributed by atoms with van der Waals surface area (Å²) in [5.74, 6) is -0.268. The standard InChI is InChI=1S/C13H19N3O2/c1-9-5-4-6-10(12(9)14)13(18)15-8-7-11(17)16(2)3/h4-6H,7-8,14H2,1-3H3,(H,15,18). The highest BCUT2D eigenvalue weighted by molar-refractivity contribution is 5.99. The number of nitrogen functional groups attached to an aromatic ring is 1. The van der Waals surface area contributed by atoms with E-state index < -0.39 is 0 Å². The molecule has 5 heteroatoms. The van der Waals surface area contributed by atoms with Crippen LogP contribution in [0.2, 0.25) is 0 Å². The SMILES string of the molecule is Cc1cccc(C(=O)NCCC(=O)N(C)C)c1N. The molecule has 0 aliphatic rings. The number of nitrogens with two attached hydrogens (primary N) is 1. The molecular formula is C13H19N3O2. The molecule has 0 aliphatic carbocycles. The smallest absolute Gasteiger partial charge is 0.253 e. The Kier molecular flexibility index (Phi) is 4.71. The van der Waals surface area contributed by atoms with Gasteiger partial charge in [0.15, 0.2) is 0 Å². The van der Waals surface area contributed by atoms with Gasteiger partial charge in [0.2, 0.25) is 5.91 Å². The number of amides is 2. The van der Waals surface area contributed by atoms with Crippen LogP contribution in [0.25, 0.3) is 0 Å². The first-order chi connectivity index (χ1) is 8.43. The molecule has 0 bridgehead atoms. The summed E-state index contributed by atoms with van der Waals surface area (Å²) in [7, 11) is 3.37. The fraction of sp³-hybridized carbons (Fsp3) is 0.385. The molecule has 0 aliphatic heterocycles. The number of hydrogen-bond donors (Lipinski definition) is 2. The van der Waals surface area contributed by atoms with Crippen LogP contribution in [0.3, 0.4) is 0 Å². The van der Waals surface area contributed by atoms with Crippen molar-refractivity contribution in [3.63, 3.8) is 0 Å². The van der Waals surface area contributed by atoms with Crippen molar-refractivity contribution >= 4 is 17.5 Å². The average molecular weight is 249 g/mol. The summed E-state index contributed by atoms with van der Waals surface area (Å²) in [5.41, 5.74) is 7.63. The lowest BCUT2D eigenvalue weighted by Gasteiger charge is -2.11. The summed E-state index contributed by atoms with van der Waals surface area (Å²) >= 11 is 0. The molecule has 0 saturated carbocycles. The Bertz CT molecular complexity index is 456. The second-order valence-corrected chi connectivity index (χ2v) is 4.33. The zero-order valence-electron chi connectivity index (χ0n) is 11.0. The molecule has 2 amide bonds. The molecule has 3 N–H and O–H groups in total. The van der Waals surface area contributed by atoms with Gasteiger partial charge in [0.05, 0.1) is 5.56 Å². The highest BCUT2D eigenvalue weighted by atomic mass is 16.2. The van der Waals surface area contributed by atoms with Crippen LogP contribution in [0.5, 0.6) is 0 Å². The van der Waals surface area contributed by atoms with Crippen LogP contribution in [0, 0.1) is 6.92 Å². The van der Waals surface area contributed by atoms with Gasteiger partial charge >= 0.3 is 0 Å². The minimum Gasteiger partial charge on any atom is -0.398 e. The number of carbonyl (C=O) groups is 2. The Hall–Kier alpha value is -2.04. The number of anilines is 1. The first-order valence-electron chi connectivity index (χ1n) is 5.77. The molecule has 0 heterocycles. The Balaban J connectivity index is 2.56. The molecule has 0 atom stereocenters. The van der Waals surface area contributed by atoms with E-state index in [0.29, 0.717) is 17.8 Å². The van der Waals surface area contributed by atoms with Crippen LogP contribution >= 0.6 is 0 Å². The van der Waals surface area contributed by atoms with Gasteiger partial charge in [-0.05, 0) is 18.6 Å². The maximum absolute atomic E-state index is 11.9. The van der Waals surface area contributed by atoms with Gasteiger partial charge in [-0.25, -0.2) is 0 Å². The van der Waals surface area contributed by atoms with Gasteiger partial charge in [-0.3, -0.25) is 9.59 Å². The lowest BCUT2D eigenvalue weighted by atomic mass is 10.1. The molecule has 0 spiro atoms. The molecular weight excluding hydrogens is 230 g/mol. The zero-order chi connectivity index (χ0) is 13.7. The van der Waals surface area contributed by atoms with E-state index in [1.807, 2.05) is 13.0 Å². The van der Waals surface area contributed by atoms with Crippen molar-refractivity contribution < 1.29 is 9.59 Å². The largest absolute Gasteiger partial charge is 0.398 e. The Labute approximate surface area is 107 Å². The fourth-order valence-electron chi connectivity index (χ4n) is 1.48. The first kappa shape index (κ1) is 14.0. The zero-order valence-corrected chi connectivity index (χ0v) is 11.0. The van der Waals surface area contributed by atoms with E-state index >= 15 is 0 Å². The number of benzene rings is 1. The Morgan fingerprint density at radius 2 is 2.00 bits per heavy atom. The lowest BCUT2D eigenvalue weighted by molar-refractivity contribution is -0.128. The number of hydrogen-bond acceptors (Lipinski definition) is 3. The average Bonchev–Trinajstić information content (AvgIpc) is 2.32. The normalized spacial score (nSPS) is 9.94. The van der Waals surface area contributed by atoms with Crippen LogP contribution in [-0.2, 0) is 4.79 Å². The molecule has 0 saturated heterocycles. The van der Waals surface area contributed by atoms with E-state index in [1.54, 1.807) is 26.2 Å². The van der Waals surface area contributed by atoms with E-state index in [1.165, 1.54) is 4.90 Å². The van der Waals surface area contributed by atoms with Crippen molar-refractivity contribution in [3.05, 3.63) is 29.3 Å². The van der Waals surface area contributed by atoms with Crippen LogP contribution in [0.4, 0.5) is 5.69 Å². The number of nitrogens with zero attached hydrogens (tertiary/aromatic N) is 1. The number of rotatable bonds is 4. The van der Waals surface area contributed by atoms with Gasteiger partial charge in [-0.1, -0.05) is 12.1 Å². The molecule has 18 heavy (non-hydrogen) atoms. The quantitative estimate of drug-likeness (QED) is 0.774. The summed E-state index contributed by atoms with van der Waals surface area (Å²) in [6.45, 7) is 2.16. The maximum Gasteiger partial charge on any atom is 0.253 e. The summed E-state index contributed by atoms with van der Waals surface area (Å²) in [6, 6.07) is 5.30. The summed E-state index contributed by atoms with van der Waals surface area (Å²) < 4.78 is 0. The minimum absolute atomic E-state index is 0.0208. The molecule has 5 nitrogen and oxygen atoms in total. The third kappa shape index (κ3) is 3.48. The van der Waals surface area contributed by atoms with E-state index in [-0.39, 0.29) is 18.2 Å². The van der Waals surface area contributed by atoms with Crippen LogP contribution < -0.4 is 11.1 Å². The van der Waals surface area contributed by atoms with E-state index in [9.17, 15) is 9.59 Å². The molecule has 0 radical (unpaired) electrons. The molecule has 0 aromatic heterocycles. The van der Waals surface area contributed by atoms with Gasteiger partial charge in [0, 0.05) is 32.7 Å². The van der Waals surface area contributed by atoms with Crippen molar-refractivity contribution in [2.24, 2.45) is 0 Å². The van der Waals surface area contributed by atoms with Crippen molar-refractivity contribution in [1.82, 2.24) is 10.2 Å². The molecule has 1 aromatic carbocycles. The maximum atomic E-state index is 11.9. The lowest BCUT2D eigenvalue weighted by Crippen LogP contribution is -2.30. The fourth-order valence-corrected chi connectivity index (χ4v) is 1.48. The van der Waals surface area contributed by atoms with E-state index in [2.05, 4.69) is 5.32 Å². The number of para-hydroxylation sites is 1. The van der Waals surface area contributed by atoms with E-state index in [0.717, 1.165) is 5.56 Å². The van der Waals surface area contributed by atoms with Crippen LogP contribution in [0.15, 0.2) is 18.2 Å². The highest BCUT2D eigenvalue weighted by Gasteiger charge is 2.11. The number of nitrogens with one attached hydrogen (secondary N) is 1. The second-order valence-electron chi connectivity index (χ2n) is 4.33. The van der Waals surface area contributed by atoms with Gasteiger partial charge in [-0.2, -0.15) is 0 Å². The van der Waals surface area contributed by atoms with Crippen molar-refractivity contribution in [1.29, 1.82) is 0 Å². The van der Waals surface area contributed by atoms with E-state index in [4.69, 9.17) is 5.73 Å². The Morgan fingerprint density at radius 3 is 2.61 bits per heavy atom. The predicted octanol–water partition coefficient (Wildman–Crippen LogP) is 0.785. The second kappa shape index (κ2) is 6.05. The summed E-state index contributed by atoms with van der Waals surface area (Å²) in [6.07, 6.45) is 0.282. The number of carbonyl (C=O) groups excluding carboxylic acids is 2. The molecule has 98 valence electrons. The van der Waals surface area contributed by atoms with Crippen molar-refractivity contribution in [2.45, 2.75) is 13.3 Å². The molecule has 1 aromatic rings. The third-order valence-electron chi connectivity index (χ3n) is 2.69. The minimum atomic E-state index is -0.247. The van der Waals surface area contributed by atoms with Crippen molar-refractivity contribution in [3.8, 4) is 0 Å². The molecule has 0 fully saturated rings. The third-order valence-corrected chi connectivity index (χ3v) is 2.69. The van der Waals surface area contributed by atoms with Gasteiger partial charge in [0.1, 0.15) is 0 Å². The predicted molar refractivity (Wildman–Crippen MR) is 71.2 cm³/mol. The summed E-state index contributed by atoms with van der Waals surface area (Å²) in [5, 5.41) is 2.69. The molecule has 1 rings (SSSR count). The Morgan fingerprint density at radius 1 is 1.33 bits per heavy atom. The monoisotopic (exact) mass is 249 g/mol. The van der Waals surface area contributed by atoms with Crippen molar-refractivity contribution in [2.75, 3.05) is 26.4 Å². The van der Waals surface area contributed by atoms with Gasteiger partial charge < -0.3 is 16.0 Å². The topological polar surface area (TPSA) is 75.4 Å². The first-order valence-corrected chi connectivity index (χ1v) is 5.77.